The molecular formula is C17H27N3O. The van der Waals surface area contributed by atoms with E-state index in [1.54, 1.807) is 6.20 Å². The van der Waals surface area contributed by atoms with Crippen LogP contribution in [0, 0.1) is 11.8 Å². The molecule has 2 rings (SSSR count). The zero-order valence-electron chi connectivity index (χ0n) is 13.0. The number of hydrogen-bond donors (Lipinski definition) is 2. The third kappa shape index (κ3) is 5.84. The lowest BCUT2D eigenvalue weighted by Crippen LogP contribution is -2.34. The Labute approximate surface area is 127 Å². The van der Waals surface area contributed by atoms with Gasteiger partial charge in [0.2, 0.25) is 5.91 Å². The molecule has 4 nitrogen and oxygen atoms in total. The van der Waals surface area contributed by atoms with Crippen molar-refractivity contribution in [2.45, 2.75) is 45.6 Å². The van der Waals surface area contributed by atoms with Gasteiger partial charge < -0.3 is 10.6 Å². The maximum atomic E-state index is 12.1. The molecule has 1 aliphatic carbocycles. The van der Waals surface area contributed by atoms with Crippen molar-refractivity contribution in [3.8, 4) is 0 Å². The van der Waals surface area contributed by atoms with Crippen molar-refractivity contribution >= 4 is 5.91 Å². The number of hydrogen-bond acceptors (Lipinski definition) is 3. The molecule has 1 aromatic heterocycles. The van der Waals surface area contributed by atoms with E-state index in [9.17, 15) is 4.79 Å². The Morgan fingerprint density at radius 3 is 3.05 bits per heavy atom. The van der Waals surface area contributed by atoms with Crippen molar-refractivity contribution in [2.75, 3.05) is 13.1 Å². The lowest BCUT2D eigenvalue weighted by Gasteiger charge is -2.25. The van der Waals surface area contributed by atoms with Crippen molar-refractivity contribution in [3.05, 3.63) is 30.1 Å². The van der Waals surface area contributed by atoms with Gasteiger partial charge in [0, 0.05) is 31.4 Å². The van der Waals surface area contributed by atoms with Gasteiger partial charge in [0.05, 0.1) is 0 Å². The van der Waals surface area contributed by atoms with Gasteiger partial charge >= 0.3 is 0 Å². The Morgan fingerprint density at radius 1 is 1.38 bits per heavy atom. The smallest absolute Gasteiger partial charge is 0.223 e. The first kappa shape index (κ1) is 16.0. The zero-order valence-corrected chi connectivity index (χ0v) is 13.0. The molecule has 0 aliphatic heterocycles. The fourth-order valence-electron chi connectivity index (χ4n) is 2.98. The minimum atomic E-state index is 0.247. The highest BCUT2D eigenvalue weighted by atomic mass is 16.1. The molecule has 1 saturated carbocycles. The molecule has 21 heavy (non-hydrogen) atoms. The normalized spacial score (nSPS) is 22.0. The molecular weight excluding hydrogens is 262 g/mol. The van der Waals surface area contributed by atoms with E-state index in [0.29, 0.717) is 5.92 Å². The Hall–Kier alpha value is -1.42. The van der Waals surface area contributed by atoms with Crippen LogP contribution in [0.25, 0.3) is 0 Å². The quantitative estimate of drug-likeness (QED) is 0.758. The van der Waals surface area contributed by atoms with E-state index in [1.807, 2.05) is 12.3 Å². The molecule has 0 saturated heterocycles. The fourth-order valence-corrected chi connectivity index (χ4v) is 2.98. The summed E-state index contributed by atoms with van der Waals surface area (Å²) in [4.78, 5) is 16.1. The van der Waals surface area contributed by atoms with Crippen LogP contribution in [0.4, 0.5) is 0 Å². The van der Waals surface area contributed by atoms with Gasteiger partial charge in [-0.2, -0.15) is 0 Å². The number of carbonyl (C=O) groups is 1. The molecule has 0 spiro atoms. The van der Waals surface area contributed by atoms with Crippen LogP contribution in [-0.4, -0.2) is 24.0 Å². The van der Waals surface area contributed by atoms with E-state index < -0.39 is 0 Å². The molecule has 2 atom stereocenters. The Bertz CT molecular complexity index is 421. The van der Waals surface area contributed by atoms with Gasteiger partial charge in [0.25, 0.3) is 0 Å². The van der Waals surface area contributed by atoms with Crippen LogP contribution in [0.2, 0.25) is 0 Å². The number of amides is 1. The third-order valence-corrected chi connectivity index (χ3v) is 4.19. The van der Waals surface area contributed by atoms with E-state index in [2.05, 4.69) is 28.6 Å². The van der Waals surface area contributed by atoms with E-state index in [4.69, 9.17) is 0 Å². The average molecular weight is 289 g/mol. The van der Waals surface area contributed by atoms with E-state index in [0.717, 1.165) is 38.9 Å². The van der Waals surface area contributed by atoms with Crippen LogP contribution in [0.15, 0.2) is 24.5 Å². The maximum absolute atomic E-state index is 12.1. The summed E-state index contributed by atoms with van der Waals surface area (Å²) in [6.45, 7) is 4.77. The van der Waals surface area contributed by atoms with Crippen molar-refractivity contribution < 1.29 is 4.79 Å². The van der Waals surface area contributed by atoms with Gasteiger partial charge in [-0.3, -0.25) is 9.78 Å². The number of nitrogens with zero attached hydrogens (tertiary/aromatic N) is 1. The summed E-state index contributed by atoms with van der Waals surface area (Å²) in [6.07, 6.45) is 9.23. The minimum absolute atomic E-state index is 0.247. The Kier molecular flexibility index (Phi) is 6.67. The molecule has 4 heteroatoms. The Balaban J connectivity index is 1.52. The number of rotatable bonds is 7. The van der Waals surface area contributed by atoms with Crippen LogP contribution in [0.5, 0.6) is 0 Å². The second-order valence-corrected chi connectivity index (χ2v) is 6.15. The van der Waals surface area contributed by atoms with Crippen molar-refractivity contribution in [1.82, 2.24) is 15.6 Å². The first-order valence-corrected chi connectivity index (χ1v) is 8.13. The topological polar surface area (TPSA) is 54.0 Å². The summed E-state index contributed by atoms with van der Waals surface area (Å²) in [5, 5.41) is 6.45. The first-order valence-electron chi connectivity index (χ1n) is 8.13. The predicted octanol–water partition coefficient (Wildman–Crippen LogP) is 2.50. The molecule has 0 radical (unpaired) electrons. The SMILES string of the molecule is C[C@H]1CCC[C@H](C(=O)NCCCNCc2cccnc2)C1. The first-order chi connectivity index (χ1) is 10.3. The standard InChI is InChI=1S/C17H27N3O/c1-14-5-2-7-16(11-14)17(21)20-10-4-9-19-13-15-6-3-8-18-12-15/h3,6,8,12,14,16,19H,2,4-5,7,9-11,13H2,1H3,(H,20,21)/t14-,16-/m0/s1. The molecule has 1 fully saturated rings. The maximum Gasteiger partial charge on any atom is 0.223 e. The van der Waals surface area contributed by atoms with Gasteiger partial charge in [0.1, 0.15) is 0 Å². The highest BCUT2D eigenvalue weighted by Crippen LogP contribution is 2.28. The average Bonchev–Trinajstić information content (AvgIpc) is 2.51. The van der Waals surface area contributed by atoms with E-state index >= 15 is 0 Å². The zero-order chi connectivity index (χ0) is 14.9. The van der Waals surface area contributed by atoms with Crippen molar-refractivity contribution in [3.63, 3.8) is 0 Å². The van der Waals surface area contributed by atoms with Crippen molar-refractivity contribution in [2.24, 2.45) is 11.8 Å². The number of aromatic nitrogens is 1. The minimum Gasteiger partial charge on any atom is -0.356 e. The molecule has 0 bridgehead atoms. The van der Waals surface area contributed by atoms with Gasteiger partial charge in [-0.15, -0.1) is 0 Å². The monoisotopic (exact) mass is 289 g/mol. The van der Waals surface area contributed by atoms with Gasteiger partial charge in [-0.25, -0.2) is 0 Å². The molecule has 116 valence electrons. The molecule has 0 unspecified atom stereocenters. The summed E-state index contributed by atoms with van der Waals surface area (Å²) < 4.78 is 0. The summed E-state index contributed by atoms with van der Waals surface area (Å²) in [5.41, 5.74) is 1.19. The summed E-state index contributed by atoms with van der Waals surface area (Å²) in [7, 11) is 0. The fraction of sp³-hybridized carbons (Fsp3) is 0.647. The lowest BCUT2D eigenvalue weighted by atomic mass is 9.82. The number of nitrogens with one attached hydrogen (secondary N) is 2. The van der Waals surface area contributed by atoms with Crippen LogP contribution in [0.3, 0.4) is 0 Å². The summed E-state index contributed by atoms with van der Waals surface area (Å²) in [5.74, 6) is 1.21. The molecule has 1 aromatic rings. The van der Waals surface area contributed by atoms with Crippen LogP contribution < -0.4 is 10.6 Å². The molecule has 1 aliphatic rings. The lowest BCUT2D eigenvalue weighted by molar-refractivity contribution is -0.126. The largest absolute Gasteiger partial charge is 0.356 e. The molecule has 1 heterocycles. The van der Waals surface area contributed by atoms with E-state index in [-0.39, 0.29) is 11.8 Å². The van der Waals surface area contributed by atoms with E-state index in [1.165, 1.54) is 18.4 Å². The molecule has 1 amide bonds. The third-order valence-electron chi connectivity index (χ3n) is 4.19. The van der Waals surface area contributed by atoms with Crippen molar-refractivity contribution in [1.29, 1.82) is 0 Å². The highest BCUT2D eigenvalue weighted by molar-refractivity contribution is 5.78. The Morgan fingerprint density at radius 2 is 2.29 bits per heavy atom. The number of pyridine rings is 1. The number of carbonyl (C=O) groups excluding carboxylic acids is 1. The van der Waals surface area contributed by atoms with Crippen LogP contribution in [-0.2, 0) is 11.3 Å². The highest BCUT2D eigenvalue weighted by Gasteiger charge is 2.24. The summed E-state index contributed by atoms with van der Waals surface area (Å²) in [6, 6.07) is 4.01. The second-order valence-electron chi connectivity index (χ2n) is 6.15. The summed E-state index contributed by atoms with van der Waals surface area (Å²) >= 11 is 0. The van der Waals surface area contributed by atoms with Crippen LogP contribution >= 0.6 is 0 Å². The molecule has 0 aromatic carbocycles. The van der Waals surface area contributed by atoms with Gasteiger partial charge in [-0.1, -0.05) is 25.8 Å². The van der Waals surface area contributed by atoms with Gasteiger partial charge in [0.15, 0.2) is 0 Å². The van der Waals surface area contributed by atoms with Gasteiger partial charge in [-0.05, 0) is 43.4 Å². The molecule has 2 N–H and O–H groups in total. The predicted molar refractivity (Wildman–Crippen MR) is 84.7 cm³/mol. The second kappa shape index (κ2) is 8.78. The van der Waals surface area contributed by atoms with Crippen LogP contribution in [0.1, 0.15) is 44.6 Å².